The Balaban J connectivity index is 0.000000671. The fourth-order valence-corrected chi connectivity index (χ4v) is 6.63. The van der Waals surface area contributed by atoms with Gasteiger partial charge >= 0.3 is 12.1 Å². The van der Waals surface area contributed by atoms with E-state index in [-0.39, 0.29) is 36.0 Å². The first-order valence-electron chi connectivity index (χ1n) is 14.0. The molecule has 0 aliphatic carbocycles. The van der Waals surface area contributed by atoms with Crippen LogP contribution in [0.1, 0.15) is 23.1 Å². The predicted molar refractivity (Wildman–Crippen MR) is 165 cm³/mol. The summed E-state index contributed by atoms with van der Waals surface area (Å²) in [4.78, 5) is 34.8. The lowest BCUT2D eigenvalue weighted by atomic mass is 10.1. The van der Waals surface area contributed by atoms with E-state index in [9.17, 15) is 41.8 Å². The first kappa shape index (κ1) is 35.3. The van der Waals surface area contributed by atoms with Crippen molar-refractivity contribution in [1.82, 2.24) is 9.21 Å². The Hall–Kier alpha value is -5.53. The van der Waals surface area contributed by atoms with Gasteiger partial charge in [-0.2, -0.15) is 22.7 Å². The van der Waals surface area contributed by atoms with Crippen molar-refractivity contribution < 1.29 is 45.9 Å². The molecule has 12 nitrogen and oxygen atoms in total. The summed E-state index contributed by atoms with van der Waals surface area (Å²) in [5.41, 5.74) is 1.64. The summed E-state index contributed by atoms with van der Waals surface area (Å²) in [5.74, 6) is -2.52. The van der Waals surface area contributed by atoms with Gasteiger partial charge in [-0.15, -0.1) is 0 Å². The van der Waals surface area contributed by atoms with Crippen LogP contribution in [0.5, 0.6) is 5.75 Å². The number of carboxylic acid groups (broad SMARTS) is 1. The molecule has 5 rings (SSSR count). The van der Waals surface area contributed by atoms with Crippen LogP contribution in [0.2, 0.25) is 0 Å². The molecule has 0 spiro atoms. The SMILES string of the molecule is COc1ccc2ccc(S(=O)(=O)N(Cc3ccc([N+](=O)[O-])cc3)[C@H]3CCN(Cc4cccc(C#N)c4)C3=O)cc2c1.O=C(O)C(F)(F)F. The normalized spacial score (nSPS) is 14.7. The van der Waals surface area contributed by atoms with E-state index in [1.807, 2.05) is 12.1 Å². The maximum absolute atomic E-state index is 14.2. The van der Waals surface area contributed by atoms with Gasteiger partial charge in [-0.05, 0) is 64.7 Å². The molecule has 1 aliphatic heterocycles. The number of hydrogen-bond acceptors (Lipinski definition) is 8. The highest BCUT2D eigenvalue weighted by Gasteiger charge is 2.42. The van der Waals surface area contributed by atoms with E-state index < -0.39 is 33.1 Å². The van der Waals surface area contributed by atoms with Crippen LogP contribution < -0.4 is 4.74 Å². The van der Waals surface area contributed by atoms with Crippen molar-refractivity contribution in [2.45, 2.75) is 36.6 Å². The summed E-state index contributed by atoms with van der Waals surface area (Å²) in [7, 11) is -2.66. The smallest absolute Gasteiger partial charge is 0.490 e. The van der Waals surface area contributed by atoms with E-state index in [1.54, 1.807) is 47.4 Å². The molecule has 0 radical (unpaired) electrons. The van der Waals surface area contributed by atoms with Gasteiger partial charge in [-0.3, -0.25) is 14.9 Å². The number of aliphatic carboxylic acids is 1. The molecule has 4 aromatic rings. The second kappa shape index (κ2) is 14.5. The minimum absolute atomic E-state index is 0.0214. The van der Waals surface area contributed by atoms with E-state index >= 15 is 0 Å². The van der Waals surface area contributed by atoms with Crippen molar-refractivity contribution in [1.29, 1.82) is 5.26 Å². The number of halogens is 3. The number of rotatable bonds is 9. The number of amides is 1. The van der Waals surface area contributed by atoms with Crippen molar-refractivity contribution >= 4 is 38.4 Å². The Morgan fingerprint density at radius 1 is 1.06 bits per heavy atom. The Morgan fingerprint density at radius 2 is 1.73 bits per heavy atom. The molecule has 1 saturated heterocycles. The summed E-state index contributed by atoms with van der Waals surface area (Å²) in [6.45, 7) is 0.429. The molecule has 250 valence electrons. The van der Waals surface area contributed by atoms with Gasteiger partial charge in [0.05, 0.1) is 28.6 Å². The van der Waals surface area contributed by atoms with E-state index in [2.05, 4.69) is 6.07 Å². The fourth-order valence-electron chi connectivity index (χ4n) is 5.00. The maximum atomic E-state index is 14.2. The lowest BCUT2D eigenvalue weighted by Gasteiger charge is -2.28. The van der Waals surface area contributed by atoms with Crippen LogP contribution in [0.25, 0.3) is 10.8 Å². The number of hydrogen-bond donors (Lipinski definition) is 1. The third-order valence-corrected chi connectivity index (χ3v) is 9.25. The minimum Gasteiger partial charge on any atom is -0.497 e. The number of carbonyl (C=O) groups excluding carboxylic acids is 1. The Bertz CT molecular complexity index is 2000. The molecule has 1 amide bonds. The van der Waals surface area contributed by atoms with E-state index in [4.69, 9.17) is 14.6 Å². The zero-order valence-electron chi connectivity index (χ0n) is 25.1. The Kier molecular flexibility index (Phi) is 10.7. The first-order chi connectivity index (χ1) is 22.6. The molecule has 16 heteroatoms. The van der Waals surface area contributed by atoms with Gasteiger partial charge in [0.2, 0.25) is 15.9 Å². The number of ether oxygens (including phenoxy) is 1. The molecule has 0 unspecified atom stereocenters. The minimum atomic E-state index is -5.08. The number of nitro groups is 1. The third-order valence-electron chi connectivity index (χ3n) is 7.40. The van der Waals surface area contributed by atoms with Gasteiger partial charge in [0.1, 0.15) is 11.8 Å². The molecule has 1 atom stereocenters. The topological polar surface area (TPSA) is 171 Å². The van der Waals surface area contributed by atoms with E-state index in [0.717, 1.165) is 10.9 Å². The Labute approximate surface area is 272 Å². The highest BCUT2D eigenvalue weighted by atomic mass is 32.2. The quantitative estimate of drug-likeness (QED) is 0.183. The van der Waals surface area contributed by atoms with E-state index in [1.165, 1.54) is 41.7 Å². The number of carboxylic acids is 1. The number of fused-ring (bicyclic) bond motifs is 1. The molecular weight excluding hydrogens is 657 g/mol. The number of benzene rings is 4. The van der Waals surface area contributed by atoms with Crippen LogP contribution in [-0.2, 0) is 32.7 Å². The molecule has 4 aromatic carbocycles. The van der Waals surface area contributed by atoms with Crippen molar-refractivity contribution in [3.63, 3.8) is 0 Å². The number of likely N-dealkylation sites (tertiary alicyclic amines) is 1. The second-order valence-corrected chi connectivity index (χ2v) is 12.4. The van der Waals surface area contributed by atoms with Gasteiger partial charge in [0.25, 0.3) is 5.69 Å². The molecule has 0 bridgehead atoms. The zero-order chi connectivity index (χ0) is 35.2. The standard InChI is InChI=1S/C30H26N4O6S.C2HF3O2/c1-40-27-11-7-24-8-12-28(17-25(24)16-27)41(38,39)33(20-21-5-9-26(10-6-21)34(36)37)29-13-14-32(30(29)35)19-23-4-2-3-22(15-23)18-31;3-2(4,5)1(6)7/h2-12,15-17,29H,13-14,19-20H2,1H3;(H,6,7)/t29-;/m0./s1. The van der Waals surface area contributed by atoms with Crippen molar-refractivity contribution in [3.05, 3.63) is 112 Å². The van der Waals surface area contributed by atoms with Crippen LogP contribution in [-0.4, -0.2) is 65.4 Å². The van der Waals surface area contributed by atoms with Gasteiger partial charge in [-0.1, -0.05) is 36.4 Å². The zero-order valence-corrected chi connectivity index (χ0v) is 25.9. The number of nitro benzene ring substituents is 1. The molecule has 1 heterocycles. The summed E-state index contributed by atoms with van der Waals surface area (Å²) >= 11 is 0. The molecule has 48 heavy (non-hydrogen) atoms. The molecule has 0 aromatic heterocycles. The molecule has 1 N–H and O–H groups in total. The summed E-state index contributed by atoms with van der Waals surface area (Å²) < 4.78 is 66.6. The number of nitrogens with zero attached hydrogens (tertiary/aromatic N) is 4. The maximum Gasteiger partial charge on any atom is 0.490 e. The van der Waals surface area contributed by atoms with E-state index in [0.29, 0.717) is 28.8 Å². The number of non-ortho nitro benzene ring substituents is 1. The predicted octanol–water partition coefficient (Wildman–Crippen LogP) is 5.25. The number of alkyl halides is 3. The summed E-state index contributed by atoms with van der Waals surface area (Å²) in [5, 5.41) is 29.0. The average Bonchev–Trinajstić information content (AvgIpc) is 3.41. The third kappa shape index (κ3) is 8.24. The molecule has 1 aliphatic rings. The lowest BCUT2D eigenvalue weighted by Crippen LogP contribution is -2.44. The summed E-state index contributed by atoms with van der Waals surface area (Å²) in [6.07, 6.45) is -4.82. The van der Waals surface area contributed by atoms with Gasteiger partial charge in [0.15, 0.2) is 0 Å². The fraction of sp³-hybridized carbons (Fsp3) is 0.219. The van der Waals surface area contributed by atoms with Gasteiger partial charge < -0.3 is 14.7 Å². The number of methoxy groups -OCH3 is 1. The monoisotopic (exact) mass is 684 g/mol. The first-order valence-corrected chi connectivity index (χ1v) is 15.5. The van der Waals surface area contributed by atoms with Gasteiger partial charge in [-0.25, -0.2) is 13.2 Å². The van der Waals surface area contributed by atoms with Gasteiger partial charge in [0, 0.05) is 31.8 Å². The van der Waals surface area contributed by atoms with Crippen molar-refractivity contribution in [2.24, 2.45) is 0 Å². The molecule has 0 saturated carbocycles. The van der Waals surface area contributed by atoms with Crippen LogP contribution in [0.4, 0.5) is 18.9 Å². The highest BCUT2D eigenvalue weighted by Crippen LogP contribution is 2.31. The molecular formula is C32H27F3N4O8S. The van der Waals surface area contributed by atoms with Crippen LogP contribution in [0.3, 0.4) is 0 Å². The van der Waals surface area contributed by atoms with Crippen LogP contribution in [0, 0.1) is 21.4 Å². The van der Waals surface area contributed by atoms with Crippen LogP contribution >= 0.6 is 0 Å². The Morgan fingerprint density at radius 3 is 2.33 bits per heavy atom. The van der Waals surface area contributed by atoms with Crippen molar-refractivity contribution in [3.8, 4) is 11.8 Å². The largest absolute Gasteiger partial charge is 0.497 e. The highest BCUT2D eigenvalue weighted by molar-refractivity contribution is 7.89. The second-order valence-electron chi connectivity index (χ2n) is 10.5. The van der Waals surface area contributed by atoms with Crippen molar-refractivity contribution in [2.75, 3.05) is 13.7 Å². The molecule has 1 fully saturated rings. The number of nitriles is 1. The summed E-state index contributed by atoms with van der Waals surface area (Å²) in [6, 6.07) is 23.8. The lowest BCUT2D eigenvalue weighted by molar-refractivity contribution is -0.384. The van der Waals surface area contributed by atoms with Crippen LogP contribution in [0.15, 0.2) is 89.8 Å². The number of carbonyl (C=O) groups is 2. The number of sulfonamides is 1. The average molecular weight is 685 g/mol.